The van der Waals surface area contributed by atoms with E-state index in [2.05, 4.69) is 0 Å². The van der Waals surface area contributed by atoms with Crippen molar-refractivity contribution >= 4 is 11.8 Å². The second-order valence-corrected chi connectivity index (χ2v) is 4.90. The molecule has 1 aliphatic rings. The van der Waals surface area contributed by atoms with Gasteiger partial charge < -0.3 is 14.6 Å². The van der Waals surface area contributed by atoms with E-state index in [1.165, 1.54) is 14.2 Å². The molecule has 0 saturated carbocycles. The number of hydrogen-bond acceptors (Lipinski definition) is 5. The van der Waals surface area contributed by atoms with Crippen LogP contribution in [0.25, 0.3) is 0 Å². The largest absolute Gasteiger partial charge is 0.493 e. The zero-order valence-electron chi connectivity index (χ0n) is 12.2. The molecule has 1 N–H and O–H groups in total. The topological polar surface area (TPSA) is 76.1 Å². The Morgan fingerprint density at radius 1 is 1.24 bits per heavy atom. The van der Waals surface area contributed by atoms with Crippen LogP contribution in [0.3, 0.4) is 0 Å². The van der Waals surface area contributed by atoms with Crippen LogP contribution < -0.4 is 9.47 Å². The molecule has 1 aromatic rings. The highest BCUT2D eigenvalue weighted by Crippen LogP contribution is 2.37. The molecule has 1 heterocycles. The molecule has 6 nitrogen and oxygen atoms in total. The number of ether oxygens (including phenoxy) is 2. The van der Waals surface area contributed by atoms with Crippen molar-refractivity contribution in [1.29, 1.82) is 0 Å². The molecule has 21 heavy (non-hydrogen) atoms. The van der Waals surface area contributed by atoms with Crippen molar-refractivity contribution in [2.24, 2.45) is 0 Å². The second kappa shape index (κ2) is 6.58. The number of carbonyl (C=O) groups excluding carboxylic acids is 1. The molecule has 1 aliphatic heterocycles. The SMILES string of the molecule is COc1cccc(C(C(=O)O)N2CCC(=O)CC2)c1OC. The summed E-state index contributed by atoms with van der Waals surface area (Å²) in [7, 11) is 3.00. The number of nitrogens with zero attached hydrogens (tertiary/aromatic N) is 1. The van der Waals surface area contributed by atoms with Gasteiger partial charge in [0.1, 0.15) is 11.8 Å². The molecule has 0 aromatic heterocycles. The third kappa shape index (κ3) is 3.16. The summed E-state index contributed by atoms with van der Waals surface area (Å²) in [6.45, 7) is 0.881. The van der Waals surface area contributed by atoms with Crippen molar-refractivity contribution in [2.45, 2.75) is 18.9 Å². The minimum atomic E-state index is -0.962. The monoisotopic (exact) mass is 293 g/mol. The number of para-hydroxylation sites is 1. The lowest BCUT2D eigenvalue weighted by atomic mass is 10.00. The number of rotatable bonds is 5. The maximum absolute atomic E-state index is 11.7. The van der Waals surface area contributed by atoms with Crippen molar-refractivity contribution in [1.82, 2.24) is 4.90 Å². The van der Waals surface area contributed by atoms with Gasteiger partial charge in [-0.25, -0.2) is 0 Å². The number of Topliss-reactive ketones (excluding diaryl/α,β-unsaturated/α-hetero) is 1. The van der Waals surface area contributed by atoms with E-state index in [-0.39, 0.29) is 5.78 Å². The van der Waals surface area contributed by atoms with Crippen LogP contribution in [0.4, 0.5) is 0 Å². The van der Waals surface area contributed by atoms with E-state index in [4.69, 9.17) is 9.47 Å². The third-order valence-corrected chi connectivity index (χ3v) is 3.68. The van der Waals surface area contributed by atoms with Crippen molar-refractivity contribution in [3.63, 3.8) is 0 Å². The van der Waals surface area contributed by atoms with Crippen LogP contribution in [0.2, 0.25) is 0 Å². The summed E-state index contributed by atoms with van der Waals surface area (Å²) in [5.41, 5.74) is 0.540. The highest BCUT2D eigenvalue weighted by atomic mass is 16.5. The van der Waals surface area contributed by atoms with E-state index in [0.717, 1.165) is 0 Å². The minimum absolute atomic E-state index is 0.174. The second-order valence-electron chi connectivity index (χ2n) is 4.90. The minimum Gasteiger partial charge on any atom is -0.493 e. The highest BCUT2D eigenvalue weighted by molar-refractivity contribution is 5.81. The number of benzene rings is 1. The quantitative estimate of drug-likeness (QED) is 0.886. The summed E-state index contributed by atoms with van der Waals surface area (Å²) in [5, 5.41) is 9.61. The molecule has 0 amide bonds. The Labute approximate surface area is 123 Å². The lowest BCUT2D eigenvalue weighted by molar-refractivity contribution is -0.145. The Morgan fingerprint density at radius 3 is 2.43 bits per heavy atom. The van der Waals surface area contributed by atoms with E-state index >= 15 is 0 Å². The molecular formula is C15H19NO5. The number of hydrogen-bond donors (Lipinski definition) is 1. The summed E-state index contributed by atoms with van der Waals surface area (Å²) >= 11 is 0. The van der Waals surface area contributed by atoms with Gasteiger partial charge in [0.2, 0.25) is 0 Å². The average molecular weight is 293 g/mol. The smallest absolute Gasteiger partial charge is 0.325 e. The number of ketones is 1. The standard InChI is InChI=1S/C15H19NO5/c1-20-12-5-3-4-11(14(12)21-2)13(15(18)19)16-8-6-10(17)7-9-16/h3-5,13H,6-9H2,1-2H3,(H,18,19). The van der Waals surface area contributed by atoms with Crippen LogP contribution in [-0.2, 0) is 9.59 Å². The van der Waals surface area contributed by atoms with Crippen LogP contribution in [-0.4, -0.2) is 49.1 Å². The lowest BCUT2D eigenvalue weighted by Crippen LogP contribution is -2.40. The number of likely N-dealkylation sites (tertiary alicyclic amines) is 1. The van der Waals surface area contributed by atoms with Crippen LogP contribution in [0.1, 0.15) is 24.4 Å². The van der Waals surface area contributed by atoms with Crippen LogP contribution >= 0.6 is 0 Å². The van der Waals surface area contributed by atoms with E-state index in [1.54, 1.807) is 23.1 Å². The molecule has 2 rings (SSSR count). The van der Waals surface area contributed by atoms with Gasteiger partial charge in [0.15, 0.2) is 11.5 Å². The molecule has 1 fully saturated rings. The van der Waals surface area contributed by atoms with E-state index in [0.29, 0.717) is 43.0 Å². The van der Waals surface area contributed by atoms with E-state index in [1.807, 2.05) is 0 Å². The van der Waals surface area contributed by atoms with Gasteiger partial charge >= 0.3 is 5.97 Å². The summed E-state index contributed by atoms with van der Waals surface area (Å²) in [6, 6.07) is 4.34. The van der Waals surface area contributed by atoms with E-state index in [9.17, 15) is 14.7 Å². The van der Waals surface area contributed by atoms with Crippen LogP contribution in [0.5, 0.6) is 11.5 Å². The summed E-state index contributed by atoms with van der Waals surface area (Å²) < 4.78 is 10.5. The number of aliphatic carboxylic acids is 1. The Kier molecular flexibility index (Phi) is 4.80. The fraction of sp³-hybridized carbons (Fsp3) is 0.467. The first-order valence-corrected chi connectivity index (χ1v) is 6.78. The van der Waals surface area contributed by atoms with Crippen LogP contribution in [0.15, 0.2) is 18.2 Å². The van der Waals surface area contributed by atoms with Crippen molar-refractivity contribution in [3.8, 4) is 11.5 Å². The first-order chi connectivity index (χ1) is 10.1. The molecule has 1 atom stereocenters. The Morgan fingerprint density at radius 2 is 1.90 bits per heavy atom. The molecule has 1 saturated heterocycles. The normalized spacial score (nSPS) is 17.3. The van der Waals surface area contributed by atoms with Crippen molar-refractivity contribution < 1.29 is 24.2 Å². The summed E-state index contributed by atoms with van der Waals surface area (Å²) in [4.78, 5) is 24.9. The first-order valence-electron chi connectivity index (χ1n) is 6.78. The maximum Gasteiger partial charge on any atom is 0.325 e. The van der Waals surface area contributed by atoms with Crippen molar-refractivity contribution in [3.05, 3.63) is 23.8 Å². The molecule has 0 spiro atoms. The number of carboxylic acid groups (broad SMARTS) is 1. The van der Waals surface area contributed by atoms with Gasteiger partial charge in [-0.05, 0) is 6.07 Å². The van der Waals surface area contributed by atoms with Gasteiger partial charge in [-0.1, -0.05) is 12.1 Å². The summed E-state index contributed by atoms with van der Waals surface area (Å²) in [5.74, 6) is 0.127. The predicted molar refractivity (Wildman–Crippen MR) is 75.7 cm³/mol. The zero-order valence-corrected chi connectivity index (χ0v) is 12.2. The molecule has 1 unspecified atom stereocenters. The molecule has 6 heteroatoms. The number of methoxy groups -OCH3 is 2. The van der Waals surface area contributed by atoms with Crippen LogP contribution in [0, 0.1) is 0 Å². The van der Waals surface area contributed by atoms with Gasteiger partial charge in [-0.2, -0.15) is 0 Å². The fourth-order valence-corrected chi connectivity index (χ4v) is 2.64. The maximum atomic E-state index is 11.7. The predicted octanol–water partition coefficient (Wildman–Crippen LogP) is 1.49. The summed E-state index contributed by atoms with van der Waals surface area (Å²) in [6.07, 6.45) is 0.770. The number of carboxylic acids is 1. The molecular weight excluding hydrogens is 274 g/mol. The average Bonchev–Trinajstić information content (AvgIpc) is 2.48. The lowest BCUT2D eigenvalue weighted by Gasteiger charge is -2.32. The number of piperidine rings is 1. The van der Waals surface area contributed by atoms with Crippen molar-refractivity contribution in [2.75, 3.05) is 27.3 Å². The first kappa shape index (κ1) is 15.3. The van der Waals surface area contributed by atoms with Gasteiger partial charge in [0, 0.05) is 31.5 Å². The Balaban J connectivity index is 2.39. The molecule has 0 radical (unpaired) electrons. The van der Waals surface area contributed by atoms with Gasteiger partial charge in [0.05, 0.1) is 14.2 Å². The molecule has 0 aliphatic carbocycles. The zero-order chi connectivity index (χ0) is 15.4. The highest BCUT2D eigenvalue weighted by Gasteiger charge is 2.33. The van der Waals surface area contributed by atoms with Gasteiger partial charge in [-0.3, -0.25) is 14.5 Å². The fourth-order valence-electron chi connectivity index (χ4n) is 2.64. The third-order valence-electron chi connectivity index (χ3n) is 3.68. The molecule has 1 aromatic carbocycles. The Hall–Kier alpha value is -2.08. The Bertz CT molecular complexity index is 533. The number of carbonyl (C=O) groups is 2. The van der Waals surface area contributed by atoms with Gasteiger partial charge in [-0.15, -0.1) is 0 Å². The molecule has 114 valence electrons. The van der Waals surface area contributed by atoms with Gasteiger partial charge in [0.25, 0.3) is 0 Å². The van der Waals surface area contributed by atoms with E-state index < -0.39 is 12.0 Å². The molecule has 0 bridgehead atoms.